The van der Waals surface area contributed by atoms with E-state index in [9.17, 15) is 9.59 Å². The fraction of sp³-hybridized carbons (Fsp3) is 0.500. The summed E-state index contributed by atoms with van der Waals surface area (Å²) < 4.78 is 10.3. The number of carbonyl (C=O) groups is 2. The predicted octanol–water partition coefficient (Wildman–Crippen LogP) is 3.19. The fourth-order valence-corrected chi connectivity index (χ4v) is 2.41. The molecule has 0 N–H and O–H groups in total. The molecule has 1 unspecified atom stereocenters. The fourth-order valence-electron chi connectivity index (χ4n) is 2.41. The van der Waals surface area contributed by atoms with Crippen LogP contribution in [0.2, 0.25) is 0 Å². The first-order valence-electron chi connectivity index (χ1n) is 7.15. The minimum Gasteiger partial charge on any atom is -0.466 e. The monoisotopic (exact) mass is 276 g/mol. The van der Waals surface area contributed by atoms with Crippen LogP contribution in [0.25, 0.3) is 0 Å². The Kier molecular flexibility index (Phi) is 4.77. The Labute approximate surface area is 119 Å². The normalized spacial score (nSPS) is 16.7. The van der Waals surface area contributed by atoms with Crippen molar-refractivity contribution in [1.82, 2.24) is 0 Å². The highest BCUT2D eigenvalue weighted by Gasteiger charge is 2.30. The van der Waals surface area contributed by atoms with Gasteiger partial charge >= 0.3 is 11.9 Å². The molecule has 0 saturated carbocycles. The number of esters is 2. The molecule has 4 nitrogen and oxygen atoms in total. The zero-order chi connectivity index (χ0) is 14.5. The summed E-state index contributed by atoms with van der Waals surface area (Å²) >= 11 is 0. The molecule has 108 valence electrons. The van der Waals surface area contributed by atoms with Crippen molar-refractivity contribution in [3.8, 4) is 0 Å². The van der Waals surface area contributed by atoms with E-state index in [1.807, 2.05) is 12.1 Å². The maximum Gasteiger partial charge on any atom is 0.339 e. The van der Waals surface area contributed by atoms with Crippen LogP contribution in [0, 0.1) is 0 Å². The maximum atomic E-state index is 11.9. The van der Waals surface area contributed by atoms with E-state index in [4.69, 9.17) is 9.47 Å². The summed E-state index contributed by atoms with van der Waals surface area (Å²) in [6, 6.07) is 5.52. The van der Waals surface area contributed by atoms with Gasteiger partial charge in [-0.25, -0.2) is 4.79 Å². The van der Waals surface area contributed by atoms with E-state index in [0.717, 1.165) is 30.4 Å². The summed E-state index contributed by atoms with van der Waals surface area (Å²) in [7, 11) is 0. The van der Waals surface area contributed by atoms with Gasteiger partial charge in [0.15, 0.2) is 0 Å². The van der Waals surface area contributed by atoms with E-state index in [0.29, 0.717) is 12.2 Å². The van der Waals surface area contributed by atoms with Crippen molar-refractivity contribution >= 4 is 11.9 Å². The van der Waals surface area contributed by atoms with E-state index in [-0.39, 0.29) is 24.5 Å². The van der Waals surface area contributed by atoms with Gasteiger partial charge in [0, 0.05) is 5.56 Å². The quantitative estimate of drug-likeness (QED) is 0.749. The lowest BCUT2D eigenvalue weighted by Crippen LogP contribution is -2.08. The zero-order valence-electron chi connectivity index (χ0n) is 12.0. The second-order valence-corrected chi connectivity index (χ2v) is 4.94. The van der Waals surface area contributed by atoms with Gasteiger partial charge in [-0.1, -0.05) is 25.5 Å². The molecule has 0 bridgehead atoms. The van der Waals surface area contributed by atoms with Gasteiger partial charge in [-0.3, -0.25) is 4.79 Å². The van der Waals surface area contributed by atoms with Gasteiger partial charge in [-0.05, 0) is 31.4 Å². The largest absolute Gasteiger partial charge is 0.466 e. The number of unbranched alkanes of at least 4 members (excludes halogenated alkanes) is 1. The molecule has 4 heteroatoms. The minimum atomic E-state index is -0.285. The second-order valence-electron chi connectivity index (χ2n) is 4.94. The number of ether oxygens (including phenoxy) is 2. The Morgan fingerprint density at radius 3 is 2.85 bits per heavy atom. The summed E-state index contributed by atoms with van der Waals surface area (Å²) in [5.74, 6) is -0.562. The molecule has 0 saturated heterocycles. The standard InChI is InChI=1S/C16H20O4/c1-3-5-6-14-12-8-7-11(10-15(17)19-4-2)9-13(12)16(18)20-14/h7-9,14H,3-6,10H2,1-2H3. The highest BCUT2D eigenvalue weighted by Crippen LogP contribution is 2.34. The van der Waals surface area contributed by atoms with Crippen molar-refractivity contribution in [2.45, 2.75) is 45.6 Å². The average molecular weight is 276 g/mol. The van der Waals surface area contributed by atoms with Gasteiger partial charge < -0.3 is 9.47 Å². The zero-order valence-corrected chi connectivity index (χ0v) is 12.0. The van der Waals surface area contributed by atoms with Gasteiger partial charge in [0.05, 0.1) is 18.6 Å². The second kappa shape index (κ2) is 6.55. The summed E-state index contributed by atoms with van der Waals surface area (Å²) in [6.07, 6.45) is 3.02. The molecular weight excluding hydrogens is 256 g/mol. The lowest BCUT2D eigenvalue weighted by molar-refractivity contribution is -0.142. The lowest BCUT2D eigenvalue weighted by Gasteiger charge is -2.09. The van der Waals surface area contributed by atoms with Crippen molar-refractivity contribution in [1.29, 1.82) is 0 Å². The van der Waals surface area contributed by atoms with Crippen LogP contribution in [-0.2, 0) is 20.7 Å². The molecule has 1 aliphatic heterocycles. The molecule has 0 amide bonds. The van der Waals surface area contributed by atoms with E-state index < -0.39 is 0 Å². The van der Waals surface area contributed by atoms with Crippen molar-refractivity contribution < 1.29 is 19.1 Å². The molecule has 20 heavy (non-hydrogen) atoms. The SMILES string of the molecule is CCCCC1OC(=O)c2cc(CC(=O)OCC)ccc21. The first-order chi connectivity index (χ1) is 9.65. The van der Waals surface area contributed by atoms with Gasteiger partial charge in [-0.15, -0.1) is 0 Å². The van der Waals surface area contributed by atoms with E-state index in [1.165, 1.54) is 0 Å². The van der Waals surface area contributed by atoms with Gasteiger partial charge in [0.25, 0.3) is 0 Å². The molecule has 0 spiro atoms. The molecule has 0 aromatic heterocycles. The Morgan fingerprint density at radius 2 is 2.15 bits per heavy atom. The van der Waals surface area contributed by atoms with Crippen LogP contribution >= 0.6 is 0 Å². The van der Waals surface area contributed by atoms with Crippen LogP contribution in [0.15, 0.2) is 18.2 Å². The maximum absolute atomic E-state index is 11.9. The van der Waals surface area contributed by atoms with Crippen LogP contribution in [-0.4, -0.2) is 18.5 Å². The number of rotatable bonds is 6. The predicted molar refractivity (Wildman–Crippen MR) is 74.5 cm³/mol. The van der Waals surface area contributed by atoms with Crippen LogP contribution in [0.5, 0.6) is 0 Å². The molecular formula is C16H20O4. The highest BCUT2D eigenvalue weighted by atomic mass is 16.5. The van der Waals surface area contributed by atoms with Crippen LogP contribution < -0.4 is 0 Å². The first-order valence-corrected chi connectivity index (χ1v) is 7.15. The third kappa shape index (κ3) is 3.18. The van der Waals surface area contributed by atoms with Gasteiger partial charge in [0.2, 0.25) is 0 Å². The molecule has 1 aromatic carbocycles. The summed E-state index contributed by atoms with van der Waals surface area (Å²) in [5.41, 5.74) is 2.32. The third-order valence-electron chi connectivity index (χ3n) is 3.41. The van der Waals surface area contributed by atoms with E-state index >= 15 is 0 Å². The third-order valence-corrected chi connectivity index (χ3v) is 3.41. The molecule has 1 aliphatic rings. The Balaban J connectivity index is 2.13. The summed E-state index contributed by atoms with van der Waals surface area (Å²) in [4.78, 5) is 23.3. The van der Waals surface area contributed by atoms with Crippen molar-refractivity contribution in [2.75, 3.05) is 6.61 Å². The minimum absolute atomic E-state index is 0.130. The Morgan fingerprint density at radius 1 is 1.35 bits per heavy atom. The number of hydrogen-bond acceptors (Lipinski definition) is 4. The highest BCUT2D eigenvalue weighted by molar-refractivity contribution is 5.94. The molecule has 1 heterocycles. The van der Waals surface area contributed by atoms with Crippen molar-refractivity contribution in [3.05, 3.63) is 34.9 Å². The van der Waals surface area contributed by atoms with E-state index in [1.54, 1.807) is 13.0 Å². The van der Waals surface area contributed by atoms with Crippen molar-refractivity contribution in [3.63, 3.8) is 0 Å². The number of benzene rings is 1. The summed E-state index contributed by atoms with van der Waals surface area (Å²) in [5, 5.41) is 0. The number of hydrogen-bond donors (Lipinski definition) is 0. The smallest absolute Gasteiger partial charge is 0.339 e. The molecule has 2 rings (SSSR count). The lowest BCUT2D eigenvalue weighted by atomic mass is 9.98. The van der Waals surface area contributed by atoms with Gasteiger partial charge in [0.1, 0.15) is 6.10 Å². The molecule has 1 atom stereocenters. The number of fused-ring (bicyclic) bond motifs is 1. The topological polar surface area (TPSA) is 52.6 Å². The number of cyclic esters (lactones) is 1. The van der Waals surface area contributed by atoms with Crippen LogP contribution in [0.3, 0.4) is 0 Å². The molecule has 0 radical (unpaired) electrons. The Hall–Kier alpha value is -1.84. The average Bonchev–Trinajstić information content (AvgIpc) is 2.73. The number of carbonyl (C=O) groups excluding carboxylic acids is 2. The first kappa shape index (κ1) is 14.6. The molecule has 0 fully saturated rings. The molecule has 0 aliphatic carbocycles. The Bertz CT molecular complexity index is 507. The van der Waals surface area contributed by atoms with Gasteiger partial charge in [-0.2, -0.15) is 0 Å². The van der Waals surface area contributed by atoms with Crippen molar-refractivity contribution in [2.24, 2.45) is 0 Å². The van der Waals surface area contributed by atoms with Crippen LogP contribution in [0.1, 0.15) is 60.7 Å². The van der Waals surface area contributed by atoms with E-state index in [2.05, 4.69) is 6.92 Å². The summed E-state index contributed by atoms with van der Waals surface area (Å²) in [6.45, 7) is 4.25. The molecule has 1 aromatic rings. The van der Waals surface area contributed by atoms with Crippen LogP contribution in [0.4, 0.5) is 0 Å².